The fourth-order valence-electron chi connectivity index (χ4n) is 4.55. The molecule has 1 fully saturated rings. The van der Waals surface area contributed by atoms with Crippen LogP contribution in [0.4, 0.5) is 5.82 Å². The first kappa shape index (κ1) is 21.9. The minimum atomic E-state index is -0.934. The molecule has 1 aromatic heterocycles. The maximum Gasteiger partial charge on any atom is 0.339 e. The molecule has 2 aliphatic rings. The van der Waals surface area contributed by atoms with Crippen molar-refractivity contribution in [3.63, 3.8) is 0 Å². The van der Waals surface area contributed by atoms with E-state index in [2.05, 4.69) is 63.3 Å². The molecule has 3 heterocycles. The lowest BCUT2D eigenvalue weighted by molar-refractivity contribution is 0.0571. The number of thioether (sulfide) groups is 1. The zero-order valence-electron chi connectivity index (χ0n) is 18.4. The van der Waals surface area contributed by atoms with Crippen LogP contribution in [0, 0.1) is 0 Å². The van der Waals surface area contributed by atoms with Gasteiger partial charge in [0.2, 0.25) is 0 Å². The molecule has 1 N–H and O–H groups in total. The SMILES string of the molecule is O=C(O)c1cccnc1N1CCN(CCOC2c3ccccc3CSc3ccccc32)CC1. The molecule has 0 saturated carbocycles. The van der Waals surface area contributed by atoms with Gasteiger partial charge < -0.3 is 14.7 Å². The van der Waals surface area contributed by atoms with E-state index in [0.717, 1.165) is 38.5 Å². The molecular weight excluding hydrogens is 434 g/mol. The number of rotatable bonds is 6. The smallest absolute Gasteiger partial charge is 0.339 e. The third kappa shape index (κ3) is 4.76. The van der Waals surface area contributed by atoms with Crippen LogP contribution in [0.15, 0.2) is 71.8 Å². The molecule has 0 aliphatic carbocycles. The minimum absolute atomic E-state index is 0.0552. The van der Waals surface area contributed by atoms with Gasteiger partial charge in [0.05, 0.1) is 6.61 Å². The molecule has 5 rings (SSSR count). The fraction of sp³-hybridized carbons (Fsp3) is 0.308. The highest BCUT2D eigenvalue weighted by molar-refractivity contribution is 7.98. The number of piperazine rings is 1. The number of fused-ring (bicyclic) bond motifs is 2. The quantitative estimate of drug-likeness (QED) is 0.587. The first-order valence-corrected chi connectivity index (χ1v) is 12.3. The summed E-state index contributed by atoms with van der Waals surface area (Å²) in [6, 6.07) is 20.4. The third-order valence-electron chi connectivity index (χ3n) is 6.30. The summed E-state index contributed by atoms with van der Waals surface area (Å²) in [4.78, 5) is 21.6. The topological polar surface area (TPSA) is 65.9 Å². The second kappa shape index (κ2) is 9.95. The van der Waals surface area contributed by atoms with Gasteiger partial charge in [-0.05, 0) is 34.9 Å². The van der Waals surface area contributed by atoms with E-state index < -0.39 is 5.97 Å². The van der Waals surface area contributed by atoms with E-state index in [4.69, 9.17) is 4.74 Å². The molecule has 7 heteroatoms. The first-order chi connectivity index (χ1) is 16.2. The minimum Gasteiger partial charge on any atom is -0.478 e. The van der Waals surface area contributed by atoms with Crippen molar-refractivity contribution in [2.45, 2.75) is 16.8 Å². The van der Waals surface area contributed by atoms with Crippen LogP contribution >= 0.6 is 11.8 Å². The molecule has 1 atom stereocenters. The molecule has 170 valence electrons. The van der Waals surface area contributed by atoms with E-state index in [9.17, 15) is 9.90 Å². The van der Waals surface area contributed by atoms with Gasteiger partial charge in [0, 0.05) is 49.6 Å². The van der Waals surface area contributed by atoms with E-state index in [1.165, 1.54) is 21.6 Å². The Hall–Kier alpha value is -2.87. The highest BCUT2D eigenvalue weighted by Crippen LogP contribution is 2.40. The van der Waals surface area contributed by atoms with E-state index in [1.54, 1.807) is 18.3 Å². The van der Waals surface area contributed by atoms with Crippen molar-refractivity contribution < 1.29 is 14.6 Å². The van der Waals surface area contributed by atoms with Crippen LogP contribution < -0.4 is 4.90 Å². The molecule has 2 aromatic carbocycles. The number of ether oxygens (including phenoxy) is 1. The zero-order chi connectivity index (χ0) is 22.6. The molecule has 0 radical (unpaired) electrons. The summed E-state index contributed by atoms with van der Waals surface area (Å²) >= 11 is 1.88. The number of carbonyl (C=O) groups is 1. The zero-order valence-corrected chi connectivity index (χ0v) is 19.2. The third-order valence-corrected chi connectivity index (χ3v) is 7.44. The number of aromatic carboxylic acids is 1. The van der Waals surface area contributed by atoms with Gasteiger partial charge in [-0.15, -0.1) is 11.8 Å². The number of carboxylic acid groups (broad SMARTS) is 1. The maximum atomic E-state index is 11.5. The standard InChI is InChI=1S/C26H27N3O3S/c30-26(31)22-9-5-11-27-25(22)29-14-12-28(13-15-29)16-17-32-24-20-7-2-1-6-19(20)18-33-23-10-4-3-8-21(23)24/h1-11,24H,12-18H2,(H,30,31). The summed E-state index contributed by atoms with van der Waals surface area (Å²) in [7, 11) is 0. The molecule has 0 amide bonds. The van der Waals surface area contributed by atoms with E-state index in [-0.39, 0.29) is 11.7 Å². The highest BCUT2D eigenvalue weighted by atomic mass is 32.2. The van der Waals surface area contributed by atoms with E-state index in [0.29, 0.717) is 12.4 Å². The number of benzene rings is 2. The van der Waals surface area contributed by atoms with E-state index in [1.807, 2.05) is 11.8 Å². The van der Waals surface area contributed by atoms with E-state index >= 15 is 0 Å². The van der Waals surface area contributed by atoms with Crippen LogP contribution in [0.3, 0.4) is 0 Å². The van der Waals surface area contributed by atoms with Crippen molar-refractivity contribution in [3.05, 3.63) is 89.1 Å². The Bertz CT molecular complexity index is 1080. The van der Waals surface area contributed by atoms with Gasteiger partial charge in [-0.1, -0.05) is 42.5 Å². The lowest BCUT2D eigenvalue weighted by Crippen LogP contribution is -2.48. The molecule has 0 spiro atoms. The summed E-state index contributed by atoms with van der Waals surface area (Å²) in [5.74, 6) is 0.585. The van der Waals surface area contributed by atoms with Crippen molar-refractivity contribution in [1.29, 1.82) is 0 Å². The van der Waals surface area contributed by atoms with Crippen molar-refractivity contribution in [2.75, 3.05) is 44.2 Å². The van der Waals surface area contributed by atoms with Crippen molar-refractivity contribution in [1.82, 2.24) is 9.88 Å². The largest absolute Gasteiger partial charge is 0.478 e. The van der Waals surface area contributed by atoms with Crippen molar-refractivity contribution in [3.8, 4) is 0 Å². The molecule has 6 nitrogen and oxygen atoms in total. The van der Waals surface area contributed by atoms with Gasteiger partial charge in [-0.3, -0.25) is 4.90 Å². The Kier molecular flexibility index (Phi) is 6.62. The van der Waals surface area contributed by atoms with Crippen molar-refractivity contribution in [2.24, 2.45) is 0 Å². The Balaban J connectivity index is 1.22. The van der Waals surface area contributed by atoms with Gasteiger partial charge in [-0.25, -0.2) is 9.78 Å². The second-order valence-corrected chi connectivity index (χ2v) is 9.30. The maximum absolute atomic E-state index is 11.5. The Morgan fingerprint density at radius 3 is 2.58 bits per heavy atom. The summed E-state index contributed by atoms with van der Waals surface area (Å²) in [5.41, 5.74) is 4.10. The molecule has 2 aliphatic heterocycles. The number of carboxylic acids is 1. The lowest BCUT2D eigenvalue weighted by atomic mass is 9.97. The van der Waals surface area contributed by atoms with Gasteiger partial charge >= 0.3 is 5.97 Å². The molecule has 1 unspecified atom stereocenters. The number of hydrogen-bond acceptors (Lipinski definition) is 6. The van der Waals surface area contributed by atoms with Crippen LogP contribution in [0.25, 0.3) is 0 Å². The highest BCUT2D eigenvalue weighted by Gasteiger charge is 2.26. The number of hydrogen-bond donors (Lipinski definition) is 1. The average Bonchev–Trinajstić information content (AvgIpc) is 3.02. The normalized spacial score (nSPS) is 18.3. The monoisotopic (exact) mass is 461 g/mol. The summed E-state index contributed by atoms with van der Waals surface area (Å²) < 4.78 is 6.52. The number of nitrogens with zero attached hydrogens (tertiary/aromatic N) is 3. The van der Waals surface area contributed by atoms with Crippen LogP contribution in [0.1, 0.15) is 33.2 Å². The summed E-state index contributed by atoms with van der Waals surface area (Å²) in [6.07, 6.45) is 1.60. The summed E-state index contributed by atoms with van der Waals surface area (Å²) in [5, 5.41) is 9.45. The Morgan fingerprint density at radius 2 is 1.76 bits per heavy atom. The van der Waals surface area contributed by atoms with Crippen molar-refractivity contribution >= 4 is 23.5 Å². The van der Waals surface area contributed by atoms with Gasteiger partial charge in [-0.2, -0.15) is 0 Å². The Morgan fingerprint density at radius 1 is 1.00 bits per heavy atom. The molecule has 0 bridgehead atoms. The van der Waals surface area contributed by atoms with Crippen LogP contribution in [0.2, 0.25) is 0 Å². The van der Waals surface area contributed by atoms with Gasteiger partial charge in [0.1, 0.15) is 17.5 Å². The predicted octanol–water partition coefficient (Wildman–Crippen LogP) is 4.31. The van der Waals surface area contributed by atoms with Crippen LogP contribution in [-0.4, -0.2) is 60.3 Å². The van der Waals surface area contributed by atoms with Gasteiger partial charge in [0.25, 0.3) is 0 Å². The molecule has 33 heavy (non-hydrogen) atoms. The Labute approximate surface area is 198 Å². The first-order valence-electron chi connectivity index (χ1n) is 11.3. The molecular formula is C26H27N3O3S. The number of pyridine rings is 1. The summed E-state index contributed by atoms with van der Waals surface area (Å²) in [6.45, 7) is 4.70. The van der Waals surface area contributed by atoms with Gasteiger partial charge in [0.15, 0.2) is 0 Å². The average molecular weight is 462 g/mol. The number of aromatic nitrogens is 1. The van der Waals surface area contributed by atoms with Crippen LogP contribution in [0.5, 0.6) is 0 Å². The van der Waals surface area contributed by atoms with Crippen LogP contribution in [-0.2, 0) is 10.5 Å². The lowest BCUT2D eigenvalue weighted by Gasteiger charge is -2.36. The molecule has 3 aromatic rings. The second-order valence-electron chi connectivity index (χ2n) is 8.28. The predicted molar refractivity (Wildman–Crippen MR) is 130 cm³/mol. The number of anilines is 1. The fourth-order valence-corrected chi connectivity index (χ4v) is 5.64. The molecule has 1 saturated heterocycles.